The lowest BCUT2D eigenvalue weighted by atomic mass is 10.1. The Hall–Kier alpha value is -3.92. The number of rotatable bonds is 7. The van der Waals surface area contributed by atoms with Crippen molar-refractivity contribution in [3.05, 3.63) is 65.6 Å². The first kappa shape index (κ1) is 18.4. The van der Waals surface area contributed by atoms with Crippen molar-refractivity contribution in [2.75, 3.05) is 17.3 Å². The lowest BCUT2D eigenvalue weighted by Gasteiger charge is -2.19. The molecule has 4 rings (SSSR count). The van der Waals surface area contributed by atoms with Gasteiger partial charge in [0.2, 0.25) is 0 Å². The van der Waals surface area contributed by atoms with Gasteiger partial charge in [0, 0.05) is 23.3 Å². The number of nitrogen functional groups attached to an aromatic ring is 1. The van der Waals surface area contributed by atoms with Gasteiger partial charge in [-0.3, -0.25) is 14.7 Å². The minimum absolute atomic E-state index is 0.150. The van der Waals surface area contributed by atoms with Gasteiger partial charge in [-0.15, -0.1) is 0 Å². The van der Waals surface area contributed by atoms with Crippen molar-refractivity contribution in [3.8, 4) is 11.3 Å². The van der Waals surface area contributed by atoms with Gasteiger partial charge in [0.25, 0.3) is 0 Å². The fourth-order valence-corrected chi connectivity index (χ4v) is 3.00. The van der Waals surface area contributed by atoms with Crippen LogP contribution < -0.4 is 16.6 Å². The highest BCUT2D eigenvalue weighted by Crippen LogP contribution is 2.24. The molecule has 0 amide bonds. The summed E-state index contributed by atoms with van der Waals surface area (Å²) in [5.41, 5.74) is 9.25. The number of anilines is 2. The van der Waals surface area contributed by atoms with Crippen molar-refractivity contribution in [3.63, 3.8) is 0 Å². The average molecular weight is 389 g/mol. The lowest BCUT2D eigenvalue weighted by molar-refractivity contribution is 0.624. The Morgan fingerprint density at radius 1 is 1.17 bits per heavy atom. The second-order valence-electron chi connectivity index (χ2n) is 6.47. The largest absolute Gasteiger partial charge is 0.381 e. The summed E-state index contributed by atoms with van der Waals surface area (Å²) in [4.78, 5) is 23.4. The molecule has 0 aliphatic heterocycles. The SMILES string of the molecule is Nc1ncc(-c2cnn(CCN=O)c2)nc1N(N)Cc1ccc2ncccc2c1. The zero-order valence-corrected chi connectivity index (χ0v) is 15.5. The van der Waals surface area contributed by atoms with Crippen LogP contribution in [-0.4, -0.2) is 31.3 Å². The standard InChI is InChI=1S/C19H19N9O/c20-18-19(26-17(10-23-18)15-9-24-27(12-15)7-6-25-29)28(21)11-13-3-4-16-14(8-13)2-1-5-22-16/h1-5,8-10,12H,6-7,11,21H2,(H2,20,23). The molecule has 0 radical (unpaired) electrons. The number of nitrogens with two attached hydrogens (primary N) is 2. The Morgan fingerprint density at radius 2 is 2.07 bits per heavy atom. The summed E-state index contributed by atoms with van der Waals surface area (Å²) in [6.07, 6.45) is 6.74. The van der Waals surface area contributed by atoms with E-state index in [1.54, 1.807) is 29.5 Å². The summed E-state index contributed by atoms with van der Waals surface area (Å²) in [6, 6.07) is 9.84. The summed E-state index contributed by atoms with van der Waals surface area (Å²) < 4.78 is 1.62. The molecule has 0 bridgehead atoms. The minimum Gasteiger partial charge on any atom is -0.381 e. The van der Waals surface area contributed by atoms with Crippen LogP contribution in [0, 0.1) is 4.91 Å². The number of hydrogen-bond donors (Lipinski definition) is 2. The number of benzene rings is 1. The number of aromatic nitrogens is 5. The van der Waals surface area contributed by atoms with Crippen LogP contribution in [0.1, 0.15) is 5.56 Å². The molecule has 0 fully saturated rings. The van der Waals surface area contributed by atoms with Crippen LogP contribution in [0.4, 0.5) is 11.6 Å². The van der Waals surface area contributed by atoms with E-state index in [0.717, 1.165) is 22.0 Å². The zero-order chi connectivity index (χ0) is 20.2. The van der Waals surface area contributed by atoms with Crippen LogP contribution in [0.15, 0.2) is 60.3 Å². The van der Waals surface area contributed by atoms with Crippen LogP contribution >= 0.6 is 0 Å². The molecule has 3 heterocycles. The third kappa shape index (κ3) is 4.01. The predicted molar refractivity (Wildman–Crippen MR) is 110 cm³/mol. The Balaban J connectivity index is 1.57. The minimum atomic E-state index is 0.150. The van der Waals surface area contributed by atoms with Gasteiger partial charge in [0.05, 0.1) is 36.7 Å². The van der Waals surface area contributed by atoms with Crippen LogP contribution in [0.3, 0.4) is 0 Å². The molecular formula is C19H19N9O. The van der Waals surface area contributed by atoms with Crippen LogP contribution in [0.5, 0.6) is 0 Å². The first-order valence-corrected chi connectivity index (χ1v) is 8.94. The quantitative estimate of drug-likeness (QED) is 0.278. The maximum atomic E-state index is 10.3. The van der Waals surface area contributed by atoms with E-state index in [1.165, 1.54) is 5.01 Å². The number of hydrazine groups is 1. The average Bonchev–Trinajstić information content (AvgIpc) is 3.21. The Morgan fingerprint density at radius 3 is 2.93 bits per heavy atom. The molecule has 29 heavy (non-hydrogen) atoms. The topological polar surface area (TPSA) is 141 Å². The highest BCUT2D eigenvalue weighted by Gasteiger charge is 2.13. The summed E-state index contributed by atoms with van der Waals surface area (Å²) >= 11 is 0. The summed E-state index contributed by atoms with van der Waals surface area (Å²) in [7, 11) is 0. The summed E-state index contributed by atoms with van der Waals surface area (Å²) in [5, 5.41) is 9.52. The third-order valence-electron chi connectivity index (χ3n) is 4.42. The smallest absolute Gasteiger partial charge is 0.186 e. The van der Waals surface area contributed by atoms with Crippen molar-refractivity contribution >= 4 is 22.5 Å². The van der Waals surface area contributed by atoms with Crippen molar-refractivity contribution in [2.45, 2.75) is 13.1 Å². The van der Waals surface area contributed by atoms with Gasteiger partial charge in [-0.1, -0.05) is 17.3 Å². The number of nitroso groups, excluding NO2 is 1. The third-order valence-corrected chi connectivity index (χ3v) is 4.42. The molecule has 1 aromatic carbocycles. The van der Waals surface area contributed by atoms with Gasteiger partial charge in [-0.05, 0) is 23.8 Å². The monoisotopic (exact) mass is 389 g/mol. The van der Waals surface area contributed by atoms with E-state index < -0.39 is 0 Å². The van der Waals surface area contributed by atoms with Gasteiger partial charge < -0.3 is 5.73 Å². The molecule has 0 saturated heterocycles. The second kappa shape index (κ2) is 7.98. The number of hydrogen-bond acceptors (Lipinski definition) is 9. The summed E-state index contributed by atoms with van der Waals surface area (Å²) in [6.45, 7) is 0.952. The highest BCUT2D eigenvalue weighted by atomic mass is 16.3. The van der Waals surface area contributed by atoms with E-state index in [2.05, 4.69) is 25.2 Å². The molecular weight excluding hydrogens is 370 g/mol. The number of pyridine rings is 1. The van der Waals surface area contributed by atoms with Gasteiger partial charge in [0.1, 0.15) is 6.54 Å². The van der Waals surface area contributed by atoms with E-state index >= 15 is 0 Å². The Kier molecular flexibility index (Phi) is 5.08. The molecule has 0 saturated carbocycles. The van der Waals surface area contributed by atoms with E-state index in [-0.39, 0.29) is 12.4 Å². The fraction of sp³-hybridized carbons (Fsp3) is 0.158. The molecule has 4 aromatic rings. The lowest BCUT2D eigenvalue weighted by Crippen LogP contribution is -2.32. The Bertz CT molecular complexity index is 1160. The van der Waals surface area contributed by atoms with Crippen molar-refractivity contribution in [2.24, 2.45) is 11.0 Å². The second-order valence-corrected chi connectivity index (χ2v) is 6.47. The van der Waals surface area contributed by atoms with Gasteiger partial charge in [-0.2, -0.15) is 10.0 Å². The molecule has 0 aliphatic rings. The molecule has 0 aliphatic carbocycles. The first-order chi connectivity index (χ1) is 14.1. The summed E-state index contributed by atoms with van der Waals surface area (Å²) in [5.74, 6) is 6.86. The molecule has 4 N–H and O–H groups in total. The van der Waals surface area contributed by atoms with Crippen molar-refractivity contribution < 1.29 is 0 Å². The van der Waals surface area contributed by atoms with Gasteiger partial charge >= 0.3 is 0 Å². The molecule has 0 spiro atoms. The molecule has 0 unspecified atom stereocenters. The van der Waals surface area contributed by atoms with Gasteiger partial charge in [0.15, 0.2) is 11.6 Å². The maximum Gasteiger partial charge on any atom is 0.186 e. The van der Waals surface area contributed by atoms with Crippen LogP contribution in [-0.2, 0) is 13.1 Å². The van der Waals surface area contributed by atoms with Crippen LogP contribution in [0.25, 0.3) is 22.2 Å². The van der Waals surface area contributed by atoms with E-state index in [0.29, 0.717) is 24.6 Å². The van der Waals surface area contributed by atoms with Gasteiger partial charge in [-0.25, -0.2) is 15.8 Å². The number of nitrogens with zero attached hydrogens (tertiary/aromatic N) is 7. The molecule has 10 heteroatoms. The molecule has 3 aromatic heterocycles. The van der Waals surface area contributed by atoms with E-state index in [1.807, 2.05) is 30.3 Å². The van der Waals surface area contributed by atoms with E-state index in [9.17, 15) is 4.91 Å². The van der Waals surface area contributed by atoms with Crippen LogP contribution in [0.2, 0.25) is 0 Å². The van der Waals surface area contributed by atoms with E-state index in [4.69, 9.17) is 11.6 Å². The predicted octanol–water partition coefficient (Wildman–Crippen LogP) is 2.12. The van der Waals surface area contributed by atoms with Crippen molar-refractivity contribution in [1.82, 2.24) is 24.7 Å². The molecule has 10 nitrogen and oxygen atoms in total. The highest BCUT2D eigenvalue weighted by molar-refractivity contribution is 5.79. The molecule has 0 atom stereocenters. The molecule has 146 valence electrons. The maximum absolute atomic E-state index is 10.3. The number of fused-ring (bicyclic) bond motifs is 1. The first-order valence-electron chi connectivity index (χ1n) is 8.94. The zero-order valence-electron chi connectivity index (χ0n) is 15.5. The fourth-order valence-electron chi connectivity index (χ4n) is 3.00. The van der Waals surface area contributed by atoms with Crippen molar-refractivity contribution in [1.29, 1.82) is 0 Å². The Labute approximate surface area is 166 Å². The normalized spacial score (nSPS) is 10.9.